The number of hydrogen-bond acceptors (Lipinski definition) is 4. The van der Waals surface area contributed by atoms with Crippen LogP contribution in [0.2, 0.25) is 5.02 Å². The second-order valence-electron chi connectivity index (χ2n) is 5.37. The van der Waals surface area contributed by atoms with E-state index in [0.717, 1.165) is 30.5 Å². The first-order valence-corrected chi connectivity index (χ1v) is 8.09. The minimum absolute atomic E-state index is 0.509. The number of fused-ring (bicyclic) bond motifs is 1. The van der Waals surface area contributed by atoms with Gasteiger partial charge in [-0.2, -0.15) is 5.10 Å². The van der Waals surface area contributed by atoms with Gasteiger partial charge in [0.1, 0.15) is 5.02 Å². The first-order chi connectivity index (χ1) is 11.6. The minimum atomic E-state index is -0.509. The van der Waals surface area contributed by atoms with Crippen molar-refractivity contribution >= 4 is 29.0 Å². The molecule has 7 nitrogen and oxygen atoms in total. The van der Waals surface area contributed by atoms with Crippen molar-refractivity contribution in [3.05, 3.63) is 35.0 Å². The van der Waals surface area contributed by atoms with Crippen LogP contribution in [0.15, 0.2) is 24.3 Å². The normalized spacial score (nSPS) is 11.0. The van der Waals surface area contributed by atoms with Gasteiger partial charge in [-0.15, -0.1) is 9.73 Å². The molecule has 0 atom stereocenters. The van der Waals surface area contributed by atoms with Gasteiger partial charge in [-0.3, -0.25) is 5.32 Å². The number of aromatic nitrogens is 4. The number of halogens is 1. The first kappa shape index (κ1) is 16.3. The van der Waals surface area contributed by atoms with Gasteiger partial charge < -0.3 is 9.72 Å². The molecule has 2 heterocycles. The molecule has 1 amide bonds. The van der Waals surface area contributed by atoms with E-state index in [2.05, 4.69) is 32.2 Å². The number of unbranched alkanes of at least 4 members (excludes halogenated alkanes) is 1. The van der Waals surface area contributed by atoms with Crippen molar-refractivity contribution in [2.45, 2.75) is 26.2 Å². The molecule has 24 heavy (non-hydrogen) atoms. The van der Waals surface area contributed by atoms with Crippen molar-refractivity contribution in [3.8, 4) is 11.4 Å². The van der Waals surface area contributed by atoms with Gasteiger partial charge in [0.25, 0.3) is 0 Å². The SMILES string of the molecule is CCCCc1nn2nc(-c3ccc(NC(=O)OC)cc3)[nH]c2c1Cl. The summed E-state index contributed by atoms with van der Waals surface area (Å²) in [6, 6.07) is 7.22. The highest BCUT2D eigenvalue weighted by atomic mass is 35.5. The molecule has 0 aliphatic carbocycles. The zero-order valence-corrected chi connectivity index (χ0v) is 14.2. The van der Waals surface area contributed by atoms with E-state index in [4.69, 9.17) is 11.6 Å². The summed E-state index contributed by atoms with van der Waals surface area (Å²) >= 11 is 6.38. The highest BCUT2D eigenvalue weighted by Gasteiger charge is 2.15. The molecule has 0 fully saturated rings. The molecule has 0 aliphatic heterocycles. The van der Waals surface area contributed by atoms with Gasteiger partial charge in [0.2, 0.25) is 0 Å². The van der Waals surface area contributed by atoms with Crippen LogP contribution in [-0.2, 0) is 11.2 Å². The molecule has 0 saturated carbocycles. The number of hydrogen-bond donors (Lipinski definition) is 2. The lowest BCUT2D eigenvalue weighted by atomic mass is 10.2. The molecule has 126 valence electrons. The Morgan fingerprint density at radius 1 is 1.33 bits per heavy atom. The van der Waals surface area contributed by atoms with Crippen molar-refractivity contribution in [1.29, 1.82) is 0 Å². The van der Waals surface area contributed by atoms with Gasteiger partial charge in [-0.1, -0.05) is 24.9 Å². The van der Waals surface area contributed by atoms with Crippen LogP contribution < -0.4 is 5.32 Å². The van der Waals surface area contributed by atoms with Crippen LogP contribution in [0, 0.1) is 0 Å². The summed E-state index contributed by atoms with van der Waals surface area (Å²) in [5.74, 6) is 0.658. The van der Waals surface area contributed by atoms with Crippen molar-refractivity contribution in [1.82, 2.24) is 19.8 Å². The smallest absolute Gasteiger partial charge is 0.411 e. The molecule has 0 radical (unpaired) electrons. The number of aryl methyl sites for hydroxylation is 1. The summed E-state index contributed by atoms with van der Waals surface area (Å²) in [5, 5.41) is 12.1. The Bertz CT molecular complexity index is 853. The average Bonchev–Trinajstić information content (AvgIpc) is 3.13. The average molecular weight is 348 g/mol. The molecule has 1 aromatic carbocycles. The summed E-state index contributed by atoms with van der Waals surface area (Å²) < 4.78 is 6.09. The molecule has 0 unspecified atom stereocenters. The molecular weight excluding hydrogens is 330 g/mol. The van der Waals surface area contributed by atoms with Gasteiger partial charge in [0.15, 0.2) is 11.5 Å². The number of carbonyl (C=O) groups is 1. The zero-order chi connectivity index (χ0) is 17.1. The number of benzene rings is 1. The van der Waals surface area contributed by atoms with E-state index in [-0.39, 0.29) is 0 Å². The summed E-state index contributed by atoms with van der Waals surface area (Å²) in [7, 11) is 1.32. The van der Waals surface area contributed by atoms with Crippen molar-refractivity contribution in [3.63, 3.8) is 0 Å². The first-order valence-electron chi connectivity index (χ1n) is 7.71. The van der Waals surface area contributed by atoms with E-state index in [0.29, 0.717) is 22.2 Å². The van der Waals surface area contributed by atoms with Crippen molar-refractivity contribution < 1.29 is 9.53 Å². The van der Waals surface area contributed by atoms with E-state index in [1.165, 1.54) is 11.7 Å². The third-order valence-electron chi connectivity index (χ3n) is 3.67. The summed E-state index contributed by atoms with van der Waals surface area (Å²) in [5.41, 5.74) is 3.06. The lowest BCUT2D eigenvalue weighted by Gasteiger charge is -2.03. The molecular formula is C16H18ClN5O2. The fraction of sp³-hybridized carbons (Fsp3) is 0.312. The van der Waals surface area contributed by atoms with Crippen LogP contribution in [0.4, 0.5) is 10.5 Å². The van der Waals surface area contributed by atoms with Crippen LogP contribution in [-0.4, -0.2) is 33.0 Å². The van der Waals surface area contributed by atoms with E-state index >= 15 is 0 Å². The van der Waals surface area contributed by atoms with E-state index < -0.39 is 6.09 Å². The monoisotopic (exact) mass is 347 g/mol. The topological polar surface area (TPSA) is 84.3 Å². The number of carbonyl (C=O) groups excluding carboxylic acids is 1. The second kappa shape index (κ2) is 6.92. The number of H-pyrrole nitrogens is 1. The molecule has 2 aromatic heterocycles. The molecule has 3 aromatic rings. The standard InChI is InChI=1S/C16H18ClN5O2/c1-3-4-5-12-13(17)15-19-14(21-22(15)20-12)10-6-8-11(9-7-10)18-16(23)24-2/h6-9H,3-5H2,1-2H3,(H,18,23)(H,19,21). The fourth-order valence-electron chi connectivity index (χ4n) is 2.36. The van der Waals surface area contributed by atoms with E-state index in [1.807, 2.05) is 12.1 Å². The van der Waals surface area contributed by atoms with Crippen LogP contribution in [0.25, 0.3) is 17.0 Å². The molecule has 0 spiro atoms. The molecule has 0 bridgehead atoms. The maximum atomic E-state index is 11.2. The molecule has 0 aliphatic rings. The maximum Gasteiger partial charge on any atom is 0.411 e. The number of nitrogens with zero attached hydrogens (tertiary/aromatic N) is 3. The van der Waals surface area contributed by atoms with Gasteiger partial charge >= 0.3 is 6.09 Å². The van der Waals surface area contributed by atoms with Crippen LogP contribution in [0.5, 0.6) is 0 Å². The highest BCUT2D eigenvalue weighted by molar-refractivity contribution is 6.34. The maximum absolute atomic E-state index is 11.2. The van der Waals surface area contributed by atoms with Crippen LogP contribution in [0.3, 0.4) is 0 Å². The fourth-order valence-corrected chi connectivity index (χ4v) is 2.61. The number of nitrogens with one attached hydrogen (secondary N) is 2. The zero-order valence-electron chi connectivity index (χ0n) is 13.5. The molecule has 0 saturated heterocycles. The number of amides is 1. The van der Waals surface area contributed by atoms with Gasteiger partial charge in [-0.25, -0.2) is 4.79 Å². The number of methoxy groups -OCH3 is 1. The van der Waals surface area contributed by atoms with Crippen LogP contribution >= 0.6 is 11.6 Å². The molecule has 3 rings (SSSR count). The number of aromatic amines is 1. The Hall–Kier alpha value is -2.54. The van der Waals surface area contributed by atoms with E-state index in [1.54, 1.807) is 12.1 Å². The van der Waals surface area contributed by atoms with Gasteiger partial charge in [0.05, 0.1) is 12.8 Å². The van der Waals surface area contributed by atoms with Gasteiger partial charge in [-0.05, 0) is 37.1 Å². The Balaban J connectivity index is 1.83. The Labute approximate surface area is 144 Å². The van der Waals surface area contributed by atoms with Crippen LogP contribution in [0.1, 0.15) is 25.5 Å². The highest BCUT2D eigenvalue weighted by Crippen LogP contribution is 2.25. The van der Waals surface area contributed by atoms with Crippen molar-refractivity contribution in [2.75, 3.05) is 12.4 Å². The second-order valence-corrected chi connectivity index (χ2v) is 5.75. The third kappa shape index (κ3) is 3.21. The summed E-state index contributed by atoms with van der Waals surface area (Å²) in [4.78, 5) is 14.4. The number of ether oxygens (including phenoxy) is 1. The predicted octanol–water partition coefficient (Wildman–Crippen LogP) is 3.90. The Morgan fingerprint density at radius 2 is 2.08 bits per heavy atom. The molecule has 8 heteroatoms. The van der Waals surface area contributed by atoms with E-state index in [9.17, 15) is 4.79 Å². The third-order valence-corrected chi connectivity index (χ3v) is 4.06. The van der Waals surface area contributed by atoms with Crippen molar-refractivity contribution in [2.24, 2.45) is 0 Å². The molecule has 2 N–H and O–H groups in total. The number of rotatable bonds is 5. The largest absolute Gasteiger partial charge is 0.453 e. The predicted molar refractivity (Wildman–Crippen MR) is 92.4 cm³/mol. The minimum Gasteiger partial charge on any atom is -0.453 e. The van der Waals surface area contributed by atoms with Gasteiger partial charge in [0, 0.05) is 11.3 Å². The number of anilines is 1. The Kier molecular flexibility index (Phi) is 4.71. The lowest BCUT2D eigenvalue weighted by molar-refractivity contribution is 0.187. The quantitative estimate of drug-likeness (QED) is 0.733. The summed E-state index contributed by atoms with van der Waals surface area (Å²) in [6.07, 6.45) is 2.47. The lowest BCUT2D eigenvalue weighted by Crippen LogP contribution is -2.10. The summed E-state index contributed by atoms with van der Waals surface area (Å²) in [6.45, 7) is 2.13. The Morgan fingerprint density at radius 3 is 2.71 bits per heavy atom.